The van der Waals surface area contributed by atoms with Gasteiger partial charge in [-0.05, 0) is 6.92 Å². The lowest BCUT2D eigenvalue weighted by Gasteiger charge is -2.20. The summed E-state index contributed by atoms with van der Waals surface area (Å²) in [5.41, 5.74) is 5.99. The molecule has 0 radical (unpaired) electrons. The van der Waals surface area contributed by atoms with Gasteiger partial charge in [-0.25, -0.2) is 9.78 Å². The smallest absolute Gasteiger partial charge is 0.326 e. The second kappa shape index (κ2) is 4.54. The van der Waals surface area contributed by atoms with Crippen LogP contribution in [-0.4, -0.2) is 50.7 Å². The minimum absolute atomic E-state index is 0.0209. The fourth-order valence-electron chi connectivity index (χ4n) is 2.02. The van der Waals surface area contributed by atoms with Crippen molar-refractivity contribution in [3.63, 3.8) is 0 Å². The third-order valence-corrected chi connectivity index (χ3v) is 3.81. The molecule has 98 valence electrons. The Morgan fingerprint density at radius 2 is 2.22 bits per heavy atom. The van der Waals surface area contributed by atoms with Crippen molar-refractivity contribution in [2.24, 2.45) is 0 Å². The number of anilines is 1. The third-order valence-electron chi connectivity index (χ3n) is 2.83. The fourth-order valence-corrected chi connectivity index (χ4v) is 2.81. The topological polar surface area (TPSA) is 117 Å². The number of carboxylic acid groups (broad SMARTS) is 1. The number of likely N-dealkylation sites (tertiary alicyclic amines) is 1. The molecule has 1 aliphatic rings. The Kier molecular flexibility index (Phi) is 3.22. The standard InChI is InChI=1S/C10H13N3O4S/c1-4-7(18-10(11)12-4)8(15)13-3-5(14)2-6(13)9(16)17/h5-6,14H,2-3H2,1H3,(H2,11,12)(H,16,17). The van der Waals surface area contributed by atoms with Crippen LogP contribution in [0.5, 0.6) is 0 Å². The van der Waals surface area contributed by atoms with Crippen LogP contribution in [0.2, 0.25) is 0 Å². The van der Waals surface area contributed by atoms with E-state index in [0.29, 0.717) is 10.6 Å². The molecular formula is C10H13N3O4S. The number of aromatic nitrogens is 1. The van der Waals surface area contributed by atoms with Crippen LogP contribution in [-0.2, 0) is 4.79 Å². The maximum absolute atomic E-state index is 12.2. The van der Waals surface area contributed by atoms with Crippen LogP contribution in [0.4, 0.5) is 5.13 Å². The number of carboxylic acids is 1. The molecule has 2 heterocycles. The zero-order valence-corrected chi connectivity index (χ0v) is 10.5. The summed E-state index contributed by atoms with van der Waals surface area (Å²) in [6.07, 6.45) is -0.755. The highest BCUT2D eigenvalue weighted by molar-refractivity contribution is 7.17. The molecule has 2 atom stereocenters. The summed E-state index contributed by atoms with van der Waals surface area (Å²) < 4.78 is 0. The molecular weight excluding hydrogens is 258 g/mol. The molecule has 1 aromatic rings. The Balaban J connectivity index is 2.28. The van der Waals surface area contributed by atoms with Crippen molar-refractivity contribution in [2.45, 2.75) is 25.5 Å². The highest BCUT2D eigenvalue weighted by Gasteiger charge is 2.40. The van der Waals surface area contributed by atoms with Crippen LogP contribution >= 0.6 is 11.3 Å². The Labute approximate surface area is 107 Å². The first-order valence-electron chi connectivity index (χ1n) is 5.35. The van der Waals surface area contributed by atoms with Gasteiger partial charge >= 0.3 is 5.97 Å². The summed E-state index contributed by atoms with van der Waals surface area (Å²) >= 11 is 1.03. The highest BCUT2D eigenvalue weighted by Crippen LogP contribution is 2.26. The molecule has 0 aromatic carbocycles. The molecule has 18 heavy (non-hydrogen) atoms. The predicted molar refractivity (Wildman–Crippen MR) is 64.3 cm³/mol. The van der Waals surface area contributed by atoms with Gasteiger partial charge in [0.25, 0.3) is 5.91 Å². The SMILES string of the molecule is Cc1nc(N)sc1C(=O)N1CC(O)CC1C(=O)O. The molecule has 1 saturated heterocycles. The second-order valence-electron chi connectivity index (χ2n) is 4.17. The van der Waals surface area contributed by atoms with Crippen molar-refractivity contribution in [2.75, 3.05) is 12.3 Å². The maximum Gasteiger partial charge on any atom is 0.326 e. The quantitative estimate of drug-likeness (QED) is 0.679. The van der Waals surface area contributed by atoms with Gasteiger partial charge in [-0.2, -0.15) is 0 Å². The number of carbonyl (C=O) groups is 2. The number of rotatable bonds is 2. The van der Waals surface area contributed by atoms with Crippen LogP contribution < -0.4 is 5.73 Å². The number of nitrogens with two attached hydrogens (primary N) is 1. The normalized spacial score (nSPS) is 23.3. The average molecular weight is 271 g/mol. The number of hydrogen-bond acceptors (Lipinski definition) is 6. The van der Waals surface area contributed by atoms with E-state index in [1.54, 1.807) is 6.92 Å². The largest absolute Gasteiger partial charge is 0.480 e. The lowest BCUT2D eigenvalue weighted by molar-refractivity contribution is -0.141. The number of nitrogens with zero attached hydrogens (tertiary/aromatic N) is 2. The van der Waals surface area contributed by atoms with Gasteiger partial charge < -0.3 is 20.8 Å². The van der Waals surface area contributed by atoms with E-state index < -0.39 is 24.0 Å². The monoisotopic (exact) mass is 271 g/mol. The third kappa shape index (κ3) is 2.16. The first kappa shape index (κ1) is 12.8. The lowest BCUT2D eigenvalue weighted by Crippen LogP contribution is -2.40. The van der Waals surface area contributed by atoms with Gasteiger partial charge in [-0.1, -0.05) is 11.3 Å². The molecule has 0 saturated carbocycles. The second-order valence-corrected chi connectivity index (χ2v) is 5.20. The van der Waals surface area contributed by atoms with Crippen molar-refractivity contribution in [3.05, 3.63) is 10.6 Å². The summed E-state index contributed by atoms with van der Waals surface area (Å²) in [4.78, 5) is 28.7. The first-order valence-corrected chi connectivity index (χ1v) is 6.16. The van der Waals surface area contributed by atoms with Crippen molar-refractivity contribution in [3.8, 4) is 0 Å². The van der Waals surface area contributed by atoms with E-state index in [4.69, 9.17) is 10.8 Å². The molecule has 1 amide bonds. The summed E-state index contributed by atoms with van der Waals surface area (Å²) in [6, 6.07) is -0.991. The van der Waals surface area contributed by atoms with Crippen LogP contribution in [0.3, 0.4) is 0 Å². The van der Waals surface area contributed by atoms with Crippen molar-refractivity contribution in [1.82, 2.24) is 9.88 Å². The molecule has 0 bridgehead atoms. The van der Waals surface area contributed by atoms with E-state index in [-0.39, 0.29) is 18.1 Å². The Hall–Kier alpha value is -1.67. The molecule has 4 N–H and O–H groups in total. The van der Waals surface area contributed by atoms with Crippen molar-refractivity contribution < 1.29 is 19.8 Å². The van der Waals surface area contributed by atoms with Gasteiger partial charge in [0.2, 0.25) is 0 Å². The summed E-state index contributed by atoms with van der Waals surface area (Å²) in [7, 11) is 0. The van der Waals surface area contributed by atoms with E-state index >= 15 is 0 Å². The Morgan fingerprint density at radius 1 is 1.56 bits per heavy atom. The molecule has 0 spiro atoms. The van der Waals surface area contributed by atoms with E-state index in [1.165, 1.54) is 0 Å². The van der Waals surface area contributed by atoms with Crippen molar-refractivity contribution in [1.29, 1.82) is 0 Å². The number of carbonyl (C=O) groups excluding carboxylic acids is 1. The van der Waals surface area contributed by atoms with E-state index in [1.807, 2.05) is 0 Å². The number of aryl methyl sites for hydroxylation is 1. The Morgan fingerprint density at radius 3 is 2.72 bits per heavy atom. The molecule has 2 unspecified atom stereocenters. The van der Waals surface area contributed by atoms with Crippen LogP contribution in [0.25, 0.3) is 0 Å². The number of nitrogen functional groups attached to an aromatic ring is 1. The fraction of sp³-hybridized carbons (Fsp3) is 0.500. The van der Waals surface area contributed by atoms with Gasteiger partial charge in [0, 0.05) is 13.0 Å². The molecule has 2 rings (SSSR count). The molecule has 8 heteroatoms. The van der Waals surface area contributed by atoms with Crippen LogP contribution in [0.15, 0.2) is 0 Å². The van der Waals surface area contributed by atoms with Gasteiger partial charge in [-0.3, -0.25) is 4.79 Å². The van der Waals surface area contributed by atoms with Gasteiger partial charge in [0.15, 0.2) is 5.13 Å². The highest BCUT2D eigenvalue weighted by atomic mass is 32.1. The van der Waals surface area contributed by atoms with Gasteiger partial charge in [0.1, 0.15) is 10.9 Å². The predicted octanol–water partition coefficient (Wildman–Crippen LogP) is -0.306. The van der Waals surface area contributed by atoms with Crippen molar-refractivity contribution >= 4 is 28.3 Å². The molecule has 1 aromatic heterocycles. The molecule has 7 nitrogen and oxygen atoms in total. The number of hydrogen-bond donors (Lipinski definition) is 3. The zero-order chi connectivity index (χ0) is 13.4. The molecule has 0 aliphatic carbocycles. The number of amides is 1. The number of aliphatic hydroxyl groups excluding tert-OH is 1. The van der Waals surface area contributed by atoms with Crippen LogP contribution in [0, 0.1) is 6.92 Å². The van der Waals surface area contributed by atoms with E-state index in [9.17, 15) is 14.7 Å². The number of thiazole rings is 1. The van der Waals surface area contributed by atoms with E-state index in [0.717, 1.165) is 16.2 Å². The van der Waals surface area contributed by atoms with Gasteiger partial charge in [0.05, 0.1) is 11.8 Å². The average Bonchev–Trinajstić information content (AvgIpc) is 2.81. The molecule has 1 aliphatic heterocycles. The van der Waals surface area contributed by atoms with E-state index in [2.05, 4.69) is 4.98 Å². The molecule has 1 fully saturated rings. The lowest BCUT2D eigenvalue weighted by atomic mass is 10.2. The summed E-state index contributed by atoms with van der Waals surface area (Å²) in [5, 5.41) is 18.8. The minimum Gasteiger partial charge on any atom is -0.480 e. The Bertz CT molecular complexity index is 501. The zero-order valence-electron chi connectivity index (χ0n) is 9.66. The number of aliphatic carboxylic acids is 1. The van der Waals surface area contributed by atoms with Crippen LogP contribution in [0.1, 0.15) is 21.8 Å². The summed E-state index contributed by atoms with van der Waals surface area (Å²) in [6.45, 7) is 1.66. The number of β-amino-alcohol motifs (C(OH)–C–C–N with tert-alkyl or cyclic N) is 1. The van der Waals surface area contributed by atoms with Gasteiger partial charge in [-0.15, -0.1) is 0 Å². The minimum atomic E-state index is -1.12. The first-order chi connectivity index (χ1) is 8.40. The summed E-state index contributed by atoms with van der Waals surface area (Å²) in [5.74, 6) is -1.55. The number of aliphatic hydroxyl groups is 1. The maximum atomic E-state index is 12.2.